The Morgan fingerprint density at radius 2 is 1.70 bits per heavy atom. The zero-order valence-corrected chi connectivity index (χ0v) is 11.1. The topological polar surface area (TPSA) is 38.0 Å². The molecule has 0 aliphatic rings. The van der Waals surface area contributed by atoms with Crippen LogP contribution in [0.15, 0.2) is 36.4 Å². The number of benzene rings is 2. The van der Waals surface area contributed by atoms with Crippen LogP contribution in [0.5, 0.6) is 0 Å². The summed E-state index contributed by atoms with van der Waals surface area (Å²) in [6.07, 6.45) is 0. The minimum absolute atomic E-state index is 0.0652. The highest BCUT2D eigenvalue weighted by Gasteiger charge is 2.17. The van der Waals surface area contributed by atoms with Gasteiger partial charge < -0.3 is 11.1 Å². The standard InChI is InChI=1S/C14H12ClF3N2/c15-9-3-1-2-4-12(9)20-13(7-19)8-5-10(16)14(18)11(17)6-8/h1-6,13,20H,7,19H2. The first kappa shape index (κ1) is 14.7. The van der Waals surface area contributed by atoms with Gasteiger partial charge in [0.15, 0.2) is 17.5 Å². The molecule has 0 saturated carbocycles. The van der Waals surface area contributed by atoms with Crippen LogP contribution in [0.25, 0.3) is 0 Å². The van der Waals surface area contributed by atoms with Crippen LogP contribution in [0.2, 0.25) is 5.02 Å². The van der Waals surface area contributed by atoms with E-state index in [1.165, 1.54) is 0 Å². The summed E-state index contributed by atoms with van der Waals surface area (Å²) in [4.78, 5) is 0. The quantitative estimate of drug-likeness (QED) is 0.841. The second kappa shape index (κ2) is 6.15. The normalized spacial score (nSPS) is 12.2. The van der Waals surface area contributed by atoms with Crippen LogP contribution in [-0.2, 0) is 0 Å². The summed E-state index contributed by atoms with van der Waals surface area (Å²) in [5, 5.41) is 3.43. The molecule has 20 heavy (non-hydrogen) atoms. The average Bonchev–Trinajstić information content (AvgIpc) is 2.43. The third-order valence-electron chi connectivity index (χ3n) is 2.85. The first-order valence-corrected chi connectivity index (χ1v) is 6.26. The van der Waals surface area contributed by atoms with Gasteiger partial charge in [-0.05, 0) is 29.8 Å². The van der Waals surface area contributed by atoms with Gasteiger partial charge in [-0.2, -0.15) is 0 Å². The molecule has 1 atom stereocenters. The number of hydrogen-bond acceptors (Lipinski definition) is 2. The smallest absolute Gasteiger partial charge is 0.194 e. The van der Waals surface area contributed by atoms with Crippen LogP contribution in [0.3, 0.4) is 0 Å². The first-order chi connectivity index (χ1) is 9.52. The lowest BCUT2D eigenvalue weighted by Gasteiger charge is -2.19. The number of nitrogens with two attached hydrogens (primary N) is 1. The summed E-state index contributed by atoms with van der Waals surface area (Å²) >= 11 is 5.99. The van der Waals surface area contributed by atoms with Gasteiger partial charge in [-0.3, -0.25) is 0 Å². The Morgan fingerprint density at radius 3 is 2.25 bits per heavy atom. The SMILES string of the molecule is NCC(Nc1ccccc1Cl)c1cc(F)c(F)c(F)c1. The molecule has 1 unspecified atom stereocenters. The van der Waals surface area contributed by atoms with E-state index in [2.05, 4.69) is 5.32 Å². The van der Waals surface area contributed by atoms with Crippen LogP contribution in [0.4, 0.5) is 18.9 Å². The van der Waals surface area contributed by atoms with Crippen molar-refractivity contribution in [3.05, 3.63) is 64.4 Å². The number of halogens is 4. The maximum atomic E-state index is 13.2. The molecule has 0 aliphatic heterocycles. The van der Waals surface area contributed by atoms with E-state index in [9.17, 15) is 13.2 Å². The molecule has 0 bridgehead atoms. The molecule has 2 aromatic carbocycles. The van der Waals surface area contributed by atoms with E-state index in [1.807, 2.05) is 0 Å². The van der Waals surface area contributed by atoms with Gasteiger partial charge in [-0.1, -0.05) is 23.7 Å². The molecule has 2 nitrogen and oxygen atoms in total. The van der Waals surface area contributed by atoms with E-state index in [-0.39, 0.29) is 12.1 Å². The molecule has 6 heteroatoms. The van der Waals surface area contributed by atoms with Gasteiger partial charge >= 0.3 is 0 Å². The summed E-state index contributed by atoms with van der Waals surface area (Å²) in [6.45, 7) is 0.0652. The van der Waals surface area contributed by atoms with Gasteiger partial charge in [0, 0.05) is 6.54 Å². The van der Waals surface area contributed by atoms with Gasteiger partial charge in [0.05, 0.1) is 16.8 Å². The van der Waals surface area contributed by atoms with E-state index in [1.54, 1.807) is 24.3 Å². The monoisotopic (exact) mass is 300 g/mol. The van der Waals surface area contributed by atoms with Crippen molar-refractivity contribution in [2.45, 2.75) is 6.04 Å². The molecule has 2 aromatic rings. The molecule has 2 rings (SSSR count). The predicted molar refractivity (Wildman–Crippen MR) is 73.2 cm³/mol. The Hall–Kier alpha value is -1.72. The molecular formula is C14H12ClF3N2. The molecule has 0 spiro atoms. The van der Waals surface area contributed by atoms with Crippen molar-refractivity contribution in [3.8, 4) is 0 Å². The second-order valence-electron chi connectivity index (χ2n) is 4.21. The van der Waals surface area contributed by atoms with E-state index in [4.69, 9.17) is 17.3 Å². The summed E-state index contributed by atoms with van der Waals surface area (Å²) < 4.78 is 39.4. The van der Waals surface area contributed by atoms with Crippen LogP contribution in [-0.4, -0.2) is 6.54 Å². The zero-order valence-electron chi connectivity index (χ0n) is 10.3. The highest BCUT2D eigenvalue weighted by molar-refractivity contribution is 6.33. The molecule has 0 aliphatic carbocycles. The van der Waals surface area contributed by atoms with E-state index < -0.39 is 23.5 Å². The fourth-order valence-corrected chi connectivity index (χ4v) is 2.01. The van der Waals surface area contributed by atoms with Crippen molar-refractivity contribution in [1.82, 2.24) is 0 Å². The minimum Gasteiger partial charge on any atom is -0.376 e. The van der Waals surface area contributed by atoms with E-state index >= 15 is 0 Å². The third kappa shape index (κ3) is 3.05. The summed E-state index contributed by atoms with van der Waals surface area (Å²) in [5.74, 6) is -4.00. The fraction of sp³-hybridized carbons (Fsp3) is 0.143. The molecular weight excluding hydrogens is 289 g/mol. The van der Waals surface area contributed by atoms with Crippen LogP contribution in [0.1, 0.15) is 11.6 Å². The molecule has 106 valence electrons. The van der Waals surface area contributed by atoms with Gasteiger partial charge in [0.1, 0.15) is 0 Å². The number of para-hydroxylation sites is 1. The number of anilines is 1. The van der Waals surface area contributed by atoms with Crippen LogP contribution in [0, 0.1) is 17.5 Å². The first-order valence-electron chi connectivity index (χ1n) is 5.88. The largest absolute Gasteiger partial charge is 0.376 e. The lowest BCUT2D eigenvalue weighted by Crippen LogP contribution is -2.21. The molecule has 0 radical (unpaired) electrons. The zero-order chi connectivity index (χ0) is 14.7. The van der Waals surface area contributed by atoms with Crippen molar-refractivity contribution < 1.29 is 13.2 Å². The Balaban J connectivity index is 2.31. The Morgan fingerprint density at radius 1 is 1.10 bits per heavy atom. The van der Waals surface area contributed by atoms with Gasteiger partial charge in [0.2, 0.25) is 0 Å². The molecule has 0 amide bonds. The Bertz CT molecular complexity index is 596. The van der Waals surface area contributed by atoms with Crippen molar-refractivity contribution in [2.24, 2.45) is 5.73 Å². The highest BCUT2D eigenvalue weighted by atomic mass is 35.5. The van der Waals surface area contributed by atoms with Crippen LogP contribution >= 0.6 is 11.6 Å². The molecule has 0 fully saturated rings. The maximum Gasteiger partial charge on any atom is 0.194 e. The molecule has 0 saturated heterocycles. The average molecular weight is 301 g/mol. The van der Waals surface area contributed by atoms with Crippen LogP contribution < -0.4 is 11.1 Å². The van der Waals surface area contributed by atoms with Crippen molar-refractivity contribution in [2.75, 3.05) is 11.9 Å². The van der Waals surface area contributed by atoms with Gasteiger partial charge in [0.25, 0.3) is 0 Å². The third-order valence-corrected chi connectivity index (χ3v) is 3.18. The van der Waals surface area contributed by atoms with Crippen molar-refractivity contribution in [3.63, 3.8) is 0 Å². The van der Waals surface area contributed by atoms with Gasteiger partial charge in [-0.25, -0.2) is 13.2 Å². The summed E-state index contributed by atoms with van der Waals surface area (Å²) in [7, 11) is 0. The summed E-state index contributed by atoms with van der Waals surface area (Å²) in [5.41, 5.74) is 6.39. The highest BCUT2D eigenvalue weighted by Crippen LogP contribution is 2.27. The molecule has 3 N–H and O–H groups in total. The van der Waals surface area contributed by atoms with Crippen molar-refractivity contribution in [1.29, 1.82) is 0 Å². The number of hydrogen-bond donors (Lipinski definition) is 2. The number of nitrogens with one attached hydrogen (secondary N) is 1. The minimum atomic E-state index is -1.50. The lowest BCUT2D eigenvalue weighted by molar-refractivity contribution is 0.444. The summed E-state index contributed by atoms with van der Waals surface area (Å²) in [6, 6.07) is 8.14. The van der Waals surface area contributed by atoms with Gasteiger partial charge in [-0.15, -0.1) is 0 Å². The predicted octanol–water partition coefficient (Wildman–Crippen LogP) is 3.87. The molecule has 0 aromatic heterocycles. The Labute approximate surface area is 119 Å². The van der Waals surface area contributed by atoms with E-state index in [0.29, 0.717) is 10.7 Å². The van der Waals surface area contributed by atoms with Crippen molar-refractivity contribution >= 4 is 17.3 Å². The number of rotatable bonds is 4. The van der Waals surface area contributed by atoms with E-state index in [0.717, 1.165) is 12.1 Å². The second-order valence-corrected chi connectivity index (χ2v) is 4.62. The molecule has 0 heterocycles. The maximum absolute atomic E-state index is 13.2. The lowest BCUT2D eigenvalue weighted by atomic mass is 10.1. The fourth-order valence-electron chi connectivity index (χ4n) is 1.82. The Kier molecular flexibility index (Phi) is 4.52.